The van der Waals surface area contributed by atoms with Crippen LogP contribution in [0, 0.1) is 5.82 Å². The van der Waals surface area contributed by atoms with Crippen LogP contribution < -0.4 is 16.0 Å². The van der Waals surface area contributed by atoms with Gasteiger partial charge >= 0.3 is 6.03 Å². The predicted molar refractivity (Wildman–Crippen MR) is 127 cm³/mol. The van der Waals surface area contributed by atoms with Crippen molar-refractivity contribution in [3.63, 3.8) is 0 Å². The van der Waals surface area contributed by atoms with Gasteiger partial charge in [0.05, 0.1) is 5.56 Å². The molecule has 1 aromatic heterocycles. The van der Waals surface area contributed by atoms with Crippen LogP contribution in [0.5, 0.6) is 0 Å². The van der Waals surface area contributed by atoms with Gasteiger partial charge < -0.3 is 20.9 Å². The van der Waals surface area contributed by atoms with Crippen LogP contribution in [-0.4, -0.2) is 34.9 Å². The number of carbonyl (C=O) groups is 2. The SMILES string of the molecule is O=C(Nc1ccc(NC(=O)N2CCCCCC2)cc1)c1cccnc1Nc1cccc(F)c1. The van der Waals surface area contributed by atoms with Crippen molar-refractivity contribution in [3.05, 3.63) is 78.2 Å². The fourth-order valence-corrected chi connectivity index (χ4v) is 3.70. The fourth-order valence-electron chi connectivity index (χ4n) is 3.70. The Labute approximate surface area is 192 Å². The lowest BCUT2D eigenvalue weighted by molar-refractivity contribution is 0.102. The monoisotopic (exact) mass is 447 g/mol. The first-order valence-electron chi connectivity index (χ1n) is 11.0. The van der Waals surface area contributed by atoms with Crippen molar-refractivity contribution in [2.24, 2.45) is 0 Å². The van der Waals surface area contributed by atoms with Crippen LogP contribution in [-0.2, 0) is 0 Å². The van der Waals surface area contributed by atoms with Gasteiger partial charge in [-0.2, -0.15) is 0 Å². The standard InChI is InChI=1S/C25H26FN5O2/c26-18-7-5-8-21(17-18)28-23-22(9-6-14-27-23)24(32)29-19-10-12-20(13-11-19)30-25(33)31-15-3-1-2-4-16-31/h5-14,17H,1-4,15-16H2,(H,27,28)(H,29,32)(H,30,33). The molecule has 0 atom stereocenters. The average molecular weight is 448 g/mol. The molecule has 3 N–H and O–H groups in total. The molecule has 170 valence electrons. The molecule has 0 spiro atoms. The number of aromatic nitrogens is 1. The van der Waals surface area contributed by atoms with E-state index in [1.54, 1.807) is 54.7 Å². The summed E-state index contributed by atoms with van der Waals surface area (Å²) in [6.07, 6.45) is 5.94. The van der Waals surface area contributed by atoms with Gasteiger partial charge in [0, 0.05) is 36.3 Å². The number of halogens is 1. The van der Waals surface area contributed by atoms with Crippen LogP contribution in [0.3, 0.4) is 0 Å². The van der Waals surface area contributed by atoms with Crippen molar-refractivity contribution < 1.29 is 14.0 Å². The zero-order valence-electron chi connectivity index (χ0n) is 18.2. The third-order valence-corrected chi connectivity index (χ3v) is 5.43. The van der Waals surface area contributed by atoms with E-state index in [0.717, 1.165) is 38.8 Å². The Kier molecular flexibility index (Phi) is 7.14. The van der Waals surface area contributed by atoms with E-state index in [9.17, 15) is 14.0 Å². The maximum absolute atomic E-state index is 13.5. The zero-order chi connectivity index (χ0) is 23.0. The molecule has 3 aromatic rings. The number of hydrogen-bond acceptors (Lipinski definition) is 4. The van der Waals surface area contributed by atoms with Gasteiger partial charge in [-0.1, -0.05) is 18.9 Å². The lowest BCUT2D eigenvalue weighted by atomic mass is 10.2. The summed E-state index contributed by atoms with van der Waals surface area (Å²) in [5.74, 6) is -0.421. The number of urea groups is 1. The summed E-state index contributed by atoms with van der Waals surface area (Å²) in [7, 11) is 0. The van der Waals surface area contributed by atoms with Crippen molar-refractivity contribution in [3.8, 4) is 0 Å². The quantitative estimate of drug-likeness (QED) is 0.473. The largest absolute Gasteiger partial charge is 0.339 e. The van der Waals surface area contributed by atoms with Crippen molar-refractivity contribution in [1.29, 1.82) is 0 Å². The second-order valence-corrected chi connectivity index (χ2v) is 7.90. The number of pyridine rings is 1. The number of carbonyl (C=O) groups excluding carboxylic acids is 2. The number of likely N-dealkylation sites (tertiary alicyclic amines) is 1. The van der Waals surface area contributed by atoms with Crippen LogP contribution in [0.2, 0.25) is 0 Å². The number of nitrogens with one attached hydrogen (secondary N) is 3. The summed E-state index contributed by atoms with van der Waals surface area (Å²) in [6, 6.07) is 16.1. The third kappa shape index (κ3) is 6.06. The Balaban J connectivity index is 1.39. The summed E-state index contributed by atoms with van der Waals surface area (Å²) in [5, 5.41) is 8.73. The van der Waals surface area contributed by atoms with Gasteiger partial charge in [0.15, 0.2) is 0 Å². The minimum atomic E-state index is -0.384. The second kappa shape index (κ2) is 10.6. The topological polar surface area (TPSA) is 86.4 Å². The summed E-state index contributed by atoms with van der Waals surface area (Å²) in [6.45, 7) is 1.55. The number of benzene rings is 2. The molecular weight excluding hydrogens is 421 g/mol. The number of anilines is 4. The van der Waals surface area contributed by atoms with Gasteiger partial charge in [-0.3, -0.25) is 4.79 Å². The molecule has 2 heterocycles. The highest BCUT2D eigenvalue weighted by atomic mass is 19.1. The van der Waals surface area contributed by atoms with E-state index in [1.165, 1.54) is 12.1 Å². The molecule has 1 aliphatic rings. The molecule has 33 heavy (non-hydrogen) atoms. The summed E-state index contributed by atoms with van der Waals surface area (Å²) in [5.41, 5.74) is 2.05. The summed E-state index contributed by atoms with van der Waals surface area (Å²) >= 11 is 0. The molecule has 3 amide bonds. The third-order valence-electron chi connectivity index (χ3n) is 5.43. The molecule has 8 heteroatoms. The number of rotatable bonds is 5. The van der Waals surface area contributed by atoms with Crippen LogP contribution in [0.25, 0.3) is 0 Å². The molecule has 4 rings (SSSR count). The van der Waals surface area contributed by atoms with Gasteiger partial charge in [-0.15, -0.1) is 0 Å². The van der Waals surface area contributed by atoms with E-state index in [2.05, 4.69) is 20.9 Å². The fraction of sp³-hybridized carbons (Fsp3) is 0.240. The summed E-state index contributed by atoms with van der Waals surface area (Å²) in [4.78, 5) is 31.4. The first-order valence-corrected chi connectivity index (χ1v) is 11.0. The summed E-state index contributed by atoms with van der Waals surface area (Å²) < 4.78 is 13.5. The average Bonchev–Trinajstić information content (AvgIpc) is 3.10. The van der Waals surface area contributed by atoms with E-state index < -0.39 is 0 Å². The van der Waals surface area contributed by atoms with Crippen LogP contribution >= 0.6 is 0 Å². The van der Waals surface area contributed by atoms with E-state index in [4.69, 9.17) is 0 Å². The van der Waals surface area contributed by atoms with Crippen molar-refractivity contribution in [1.82, 2.24) is 9.88 Å². The van der Waals surface area contributed by atoms with Gasteiger partial charge in [0.25, 0.3) is 5.91 Å². The molecule has 0 unspecified atom stereocenters. The van der Waals surface area contributed by atoms with E-state index in [0.29, 0.717) is 28.4 Å². The van der Waals surface area contributed by atoms with Crippen molar-refractivity contribution in [2.75, 3.05) is 29.0 Å². The lowest BCUT2D eigenvalue weighted by Gasteiger charge is -2.20. The first kappa shape index (κ1) is 22.3. The predicted octanol–water partition coefficient (Wildman–Crippen LogP) is 5.62. The molecule has 7 nitrogen and oxygen atoms in total. The molecular formula is C25H26FN5O2. The van der Waals surface area contributed by atoms with Crippen LogP contribution in [0.1, 0.15) is 36.0 Å². The van der Waals surface area contributed by atoms with Crippen molar-refractivity contribution in [2.45, 2.75) is 25.7 Å². The smallest absolute Gasteiger partial charge is 0.321 e. The molecule has 1 aliphatic heterocycles. The highest BCUT2D eigenvalue weighted by molar-refractivity contribution is 6.07. The maximum atomic E-state index is 13.5. The molecule has 0 aliphatic carbocycles. The van der Waals surface area contributed by atoms with E-state index in [-0.39, 0.29) is 17.8 Å². The first-order chi connectivity index (χ1) is 16.1. The number of amides is 3. The van der Waals surface area contributed by atoms with Gasteiger partial charge in [0.1, 0.15) is 11.6 Å². The van der Waals surface area contributed by atoms with Gasteiger partial charge in [0.2, 0.25) is 0 Å². The minimum absolute atomic E-state index is 0.0999. The van der Waals surface area contributed by atoms with Crippen LogP contribution in [0.15, 0.2) is 66.9 Å². The Morgan fingerprint density at radius 1 is 0.818 bits per heavy atom. The Morgan fingerprint density at radius 3 is 2.21 bits per heavy atom. The normalized spacial score (nSPS) is 13.7. The minimum Gasteiger partial charge on any atom is -0.339 e. The number of hydrogen-bond donors (Lipinski definition) is 3. The number of nitrogens with zero attached hydrogens (tertiary/aromatic N) is 2. The molecule has 0 radical (unpaired) electrons. The molecule has 0 saturated carbocycles. The maximum Gasteiger partial charge on any atom is 0.321 e. The Morgan fingerprint density at radius 2 is 1.52 bits per heavy atom. The second-order valence-electron chi connectivity index (χ2n) is 7.90. The van der Waals surface area contributed by atoms with E-state index in [1.807, 2.05) is 4.90 Å². The van der Waals surface area contributed by atoms with E-state index >= 15 is 0 Å². The highest BCUT2D eigenvalue weighted by Gasteiger charge is 2.16. The van der Waals surface area contributed by atoms with Gasteiger partial charge in [-0.05, 0) is 67.4 Å². The molecule has 1 fully saturated rings. The Bertz CT molecular complexity index is 1110. The molecule has 0 bridgehead atoms. The molecule has 2 aromatic carbocycles. The van der Waals surface area contributed by atoms with Gasteiger partial charge in [-0.25, -0.2) is 14.2 Å². The lowest BCUT2D eigenvalue weighted by Crippen LogP contribution is -2.35. The molecule has 1 saturated heterocycles. The Hall–Kier alpha value is -3.94. The van der Waals surface area contributed by atoms with Crippen LogP contribution in [0.4, 0.5) is 32.1 Å². The zero-order valence-corrected chi connectivity index (χ0v) is 18.2. The highest BCUT2D eigenvalue weighted by Crippen LogP contribution is 2.21. The van der Waals surface area contributed by atoms with Crippen molar-refractivity contribution >= 4 is 34.8 Å².